The summed E-state index contributed by atoms with van der Waals surface area (Å²) in [5.74, 6) is 0.669. The number of halogens is 3. The van der Waals surface area contributed by atoms with Crippen molar-refractivity contribution in [1.82, 2.24) is 29.5 Å². The van der Waals surface area contributed by atoms with Gasteiger partial charge in [-0.2, -0.15) is 13.9 Å². The van der Waals surface area contributed by atoms with Crippen LogP contribution in [0.2, 0.25) is 0 Å². The molecule has 2 unspecified atom stereocenters. The van der Waals surface area contributed by atoms with E-state index in [1.165, 1.54) is 28.5 Å². The zero-order valence-corrected chi connectivity index (χ0v) is 28.8. The first kappa shape index (κ1) is 36.0. The van der Waals surface area contributed by atoms with E-state index in [0.29, 0.717) is 42.3 Å². The van der Waals surface area contributed by atoms with E-state index in [4.69, 9.17) is 11.6 Å². The average molecular weight is 709 g/mol. The van der Waals surface area contributed by atoms with Crippen LogP contribution in [0.25, 0.3) is 0 Å². The number of hydrazone groups is 1. The largest absolute Gasteiger partial charge is 0.432 e. The van der Waals surface area contributed by atoms with E-state index < -0.39 is 23.6 Å². The van der Waals surface area contributed by atoms with E-state index in [1.807, 2.05) is 10.4 Å². The van der Waals surface area contributed by atoms with Gasteiger partial charge in [0.2, 0.25) is 11.9 Å². The van der Waals surface area contributed by atoms with E-state index in [0.717, 1.165) is 57.3 Å². The second kappa shape index (κ2) is 16.9. The Balaban J connectivity index is 1.02. The van der Waals surface area contributed by atoms with Crippen LogP contribution < -0.4 is 15.4 Å². The molecule has 16 heteroatoms. The number of benzene rings is 1. The Kier molecular flexibility index (Phi) is 12.7. The Hall–Kier alpha value is -3.27. The summed E-state index contributed by atoms with van der Waals surface area (Å²) in [7, 11) is 0.654. The number of anilines is 1. The first-order valence-electron chi connectivity index (χ1n) is 16.4. The summed E-state index contributed by atoms with van der Waals surface area (Å²) in [6.45, 7) is 3.43. The van der Waals surface area contributed by atoms with Gasteiger partial charge in [-0.1, -0.05) is 23.7 Å². The van der Waals surface area contributed by atoms with Crippen LogP contribution in [0.4, 0.5) is 14.7 Å². The van der Waals surface area contributed by atoms with Crippen LogP contribution in [0.1, 0.15) is 67.6 Å². The van der Waals surface area contributed by atoms with Gasteiger partial charge in [0.1, 0.15) is 6.04 Å². The molecule has 3 aliphatic heterocycles. The number of alkyl halides is 2. The lowest BCUT2D eigenvalue weighted by atomic mass is 9.86. The fourth-order valence-corrected chi connectivity index (χ4v) is 7.95. The molecule has 0 bridgehead atoms. The molecule has 0 saturated carbocycles. The van der Waals surface area contributed by atoms with Gasteiger partial charge in [0.15, 0.2) is 10.9 Å². The number of nitrogens with zero attached hydrogens (tertiary/aromatic N) is 6. The second-order valence-corrected chi connectivity index (χ2v) is 14.4. The highest BCUT2D eigenvalue weighted by molar-refractivity contribution is 7.82. The Labute approximate surface area is 287 Å². The molecule has 262 valence electrons. The van der Waals surface area contributed by atoms with Crippen LogP contribution >= 0.6 is 11.6 Å². The number of likely N-dealkylation sites (tertiary alicyclic amines) is 1. The smallest absolute Gasteiger partial charge is 0.387 e. The van der Waals surface area contributed by atoms with Crippen molar-refractivity contribution >= 4 is 45.5 Å². The summed E-state index contributed by atoms with van der Waals surface area (Å²) < 4.78 is 44.0. The quantitative estimate of drug-likeness (QED) is 0.181. The molecule has 3 fully saturated rings. The third-order valence-corrected chi connectivity index (χ3v) is 11.0. The Bertz CT molecular complexity index is 1470. The number of imide groups is 1. The molecule has 12 nitrogen and oxygen atoms in total. The van der Waals surface area contributed by atoms with Gasteiger partial charge in [-0.3, -0.25) is 19.9 Å². The number of aromatic nitrogens is 2. The van der Waals surface area contributed by atoms with Crippen molar-refractivity contribution in [1.29, 1.82) is 0 Å². The number of nitrogens with one attached hydrogen (secondary N) is 2. The van der Waals surface area contributed by atoms with Gasteiger partial charge in [-0.15, -0.1) is 0 Å². The first-order chi connectivity index (χ1) is 23.0. The SMILES string of the molecule is Cc1ccc(/C(Cl)=N\N(C)C2CCC(=O)NC2=O)cc1C1CCN(CCCS(=O)N2CCC(Nc3ncc(OC(F)F)cn3)CC2)CC1. The number of hydrogen-bond donors (Lipinski definition) is 2. The topological polar surface area (TPSA) is 132 Å². The van der Waals surface area contributed by atoms with Crippen molar-refractivity contribution in [2.45, 2.75) is 76.5 Å². The Morgan fingerprint density at radius 3 is 2.52 bits per heavy atom. The number of piperidine rings is 3. The van der Waals surface area contributed by atoms with Crippen molar-refractivity contribution in [3.05, 3.63) is 47.3 Å². The standard InChI is InChI=1S/C32H43ClF2N8O4S/c1-21-4-5-23(29(33)40-41(2)27-6-7-28(44)39-30(27)45)18-26(21)22-8-13-42(14-9-22)12-3-17-48(46)43-15-10-24(11-16-43)38-32-36-19-25(20-37-32)47-31(34)35/h4-5,18-20,22,24,27,31H,3,6-17H2,1-2H3,(H,36,37,38)(H,39,44,45)/b40-29+. The summed E-state index contributed by atoms with van der Waals surface area (Å²) in [6, 6.07) is 5.70. The molecule has 3 saturated heterocycles. The third kappa shape index (κ3) is 9.89. The molecule has 0 aliphatic carbocycles. The van der Waals surface area contributed by atoms with Gasteiger partial charge < -0.3 is 15.0 Å². The van der Waals surface area contributed by atoms with Gasteiger partial charge in [0.25, 0.3) is 5.91 Å². The van der Waals surface area contributed by atoms with Crippen molar-refractivity contribution in [3.8, 4) is 5.75 Å². The highest BCUT2D eigenvalue weighted by Gasteiger charge is 2.30. The predicted octanol–water partition coefficient (Wildman–Crippen LogP) is 3.83. The molecule has 3 aliphatic rings. The van der Waals surface area contributed by atoms with E-state index in [1.54, 1.807) is 7.05 Å². The average Bonchev–Trinajstić information content (AvgIpc) is 3.06. The summed E-state index contributed by atoms with van der Waals surface area (Å²) in [5, 5.41) is 11.9. The number of amides is 2. The van der Waals surface area contributed by atoms with Gasteiger partial charge in [0, 0.05) is 43.9 Å². The maximum atomic E-state index is 13.0. The van der Waals surface area contributed by atoms with E-state index in [-0.39, 0.29) is 30.0 Å². The molecule has 1 aromatic heterocycles. The van der Waals surface area contributed by atoms with Crippen LogP contribution in [0.3, 0.4) is 0 Å². The molecule has 2 amide bonds. The number of aryl methyl sites for hydroxylation is 1. The lowest BCUT2D eigenvalue weighted by molar-refractivity contribution is -0.137. The number of hydrogen-bond acceptors (Lipinski definition) is 10. The van der Waals surface area contributed by atoms with Crippen LogP contribution in [-0.2, 0) is 20.6 Å². The molecule has 4 heterocycles. The first-order valence-corrected chi connectivity index (χ1v) is 18.0. The van der Waals surface area contributed by atoms with Gasteiger partial charge in [-0.25, -0.2) is 18.5 Å². The fraction of sp³-hybridized carbons (Fsp3) is 0.594. The third-order valence-electron chi connectivity index (χ3n) is 9.17. The van der Waals surface area contributed by atoms with Crippen LogP contribution in [-0.4, -0.2) is 110 Å². The molecule has 1 aromatic carbocycles. The number of carbonyl (C=O) groups is 2. The molecule has 2 atom stereocenters. The minimum atomic E-state index is -2.92. The lowest BCUT2D eigenvalue weighted by Gasteiger charge is -2.33. The highest BCUT2D eigenvalue weighted by Crippen LogP contribution is 2.31. The molecule has 0 spiro atoms. The maximum absolute atomic E-state index is 13.0. The molecule has 2 aromatic rings. The summed E-state index contributed by atoms with van der Waals surface area (Å²) in [6.07, 6.45) is 7.57. The minimum Gasteiger partial charge on any atom is -0.432 e. The number of rotatable bonds is 13. The Morgan fingerprint density at radius 2 is 1.85 bits per heavy atom. The minimum absolute atomic E-state index is 0.0865. The monoisotopic (exact) mass is 708 g/mol. The van der Waals surface area contributed by atoms with E-state index in [2.05, 4.69) is 54.4 Å². The Morgan fingerprint density at radius 1 is 1.15 bits per heavy atom. The second-order valence-electron chi connectivity index (χ2n) is 12.5. The van der Waals surface area contributed by atoms with Gasteiger partial charge >= 0.3 is 6.61 Å². The normalized spacial score (nSPS) is 21.3. The molecule has 2 N–H and O–H groups in total. The molecule has 48 heavy (non-hydrogen) atoms. The van der Waals surface area contributed by atoms with E-state index in [9.17, 15) is 22.6 Å². The number of carbonyl (C=O) groups excluding carboxylic acids is 2. The van der Waals surface area contributed by atoms with Crippen molar-refractivity contribution in [2.24, 2.45) is 5.10 Å². The number of likely N-dealkylation sites (N-methyl/N-ethyl adjacent to an activating group) is 1. The van der Waals surface area contributed by atoms with Crippen LogP contribution in [0, 0.1) is 6.92 Å². The van der Waals surface area contributed by atoms with E-state index >= 15 is 0 Å². The highest BCUT2D eigenvalue weighted by atomic mass is 35.5. The molecular weight excluding hydrogens is 666 g/mol. The maximum Gasteiger partial charge on any atom is 0.387 e. The molecule has 5 rings (SSSR count). The van der Waals surface area contributed by atoms with Crippen molar-refractivity contribution in [3.63, 3.8) is 0 Å². The van der Waals surface area contributed by atoms with Gasteiger partial charge in [0.05, 0.1) is 23.4 Å². The van der Waals surface area contributed by atoms with Crippen LogP contribution in [0.15, 0.2) is 35.7 Å². The summed E-state index contributed by atoms with van der Waals surface area (Å²) >= 11 is 6.62. The molecule has 0 radical (unpaired) electrons. The summed E-state index contributed by atoms with van der Waals surface area (Å²) in [5.41, 5.74) is 3.26. The zero-order chi connectivity index (χ0) is 34.2. The lowest BCUT2D eigenvalue weighted by Crippen LogP contribution is -2.49. The van der Waals surface area contributed by atoms with Gasteiger partial charge in [-0.05, 0) is 88.2 Å². The number of ether oxygens (including phenoxy) is 1. The predicted molar refractivity (Wildman–Crippen MR) is 180 cm³/mol. The fourth-order valence-electron chi connectivity index (χ4n) is 6.46. The van der Waals surface area contributed by atoms with Crippen molar-refractivity contribution in [2.75, 3.05) is 50.8 Å². The summed E-state index contributed by atoms with van der Waals surface area (Å²) in [4.78, 5) is 34.2. The van der Waals surface area contributed by atoms with Crippen molar-refractivity contribution < 1.29 is 27.3 Å². The van der Waals surface area contributed by atoms with Crippen LogP contribution in [0.5, 0.6) is 5.75 Å². The zero-order valence-electron chi connectivity index (χ0n) is 27.2. The molecular formula is C32H43ClF2N8O4S.